The highest BCUT2D eigenvalue weighted by Crippen LogP contribution is 2.33. The fraction of sp³-hybridized carbons (Fsp3) is 0.350. The Labute approximate surface area is 164 Å². The maximum absolute atomic E-state index is 12.4. The van der Waals surface area contributed by atoms with E-state index in [1.54, 1.807) is 39.5 Å². The van der Waals surface area contributed by atoms with Crippen molar-refractivity contribution in [2.45, 2.75) is 12.8 Å². The molecule has 1 amide bonds. The van der Waals surface area contributed by atoms with Crippen LogP contribution in [0.5, 0.6) is 17.2 Å². The van der Waals surface area contributed by atoms with Gasteiger partial charge in [0.25, 0.3) is 0 Å². The molecule has 2 aromatic carbocycles. The Bertz CT molecular complexity index is 766. The largest absolute Gasteiger partial charge is 0.497 e. The molecule has 6 nitrogen and oxygen atoms in total. The Morgan fingerprint density at radius 1 is 1.07 bits per heavy atom. The molecule has 146 valence electrons. The minimum Gasteiger partial charge on any atom is -0.497 e. The molecule has 0 spiro atoms. The van der Waals surface area contributed by atoms with Gasteiger partial charge in [-0.1, -0.05) is 17.7 Å². The Morgan fingerprint density at radius 2 is 1.89 bits per heavy atom. The van der Waals surface area contributed by atoms with Gasteiger partial charge in [0.1, 0.15) is 18.1 Å². The second kappa shape index (κ2) is 10.6. The molecule has 0 saturated heterocycles. The Morgan fingerprint density at radius 3 is 2.59 bits per heavy atom. The SMILES string of the molecule is COCCOc1c(Cl)cccc1NC(=O)CCc1cc(OC)ccc1OC. The minimum absolute atomic E-state index is 0.154. The van der Waals surface area contributed by atoms with Crippen LogP contribution in [0.4, 0.5) is 5.69 Å². The number of methoxy groups -OCH3 is 3. The van der Waals surface area contributed by atoms with E-state index < -0.39 is 0 Å². The first-order valence-corrected chi connectivity index (χ1v) is 8.87. The number of anilines is 1. The highest BCUT2D eigenvalue weighted by molar-refractivity contribution is 6.32. The second-order valence-corrected chi connectivity index (χ2v) is 6.09. The Balaban J connectivity index is 2.03. The molecule has 0 aliphatic rings. The summed E-state index contributed by atoms with van der Waals surface area (Å²) in [6, 6.07) is 10.7. The zero-order valence-corrected chi connectivity index (χ0v) is 16.5. The van der Waals surface area contributed by atoms with Crippen LogP contribution in [0, 0.1) is 0 Å². The lowest BCUT2D eigenvalue weighted by Gasteiger charge is -2.14. The number of nitrogens with one attached hydrogen (secondary N) is 1. The average molecular weight is 394 g/mol. The van der Waals surface area contributed by atoms with Crippen molar-refractivity contribution in [3.63, 3.8) is 0 Å². The van der Waals surface area contributed by atoms with Crippen molar-refractivity contribution in [3.05, 3.63) is 47.0 Å². The van der Waals surface area contributed by atoms with Crippen molar-refractivity contribution >= 4 is 23.2 Å². The molecular formula is C20H24ClNO5. The predicted molar refractivity (Wildman–Crippen MR) is 105 cm³/mol. The summed E-state index contributed by atoms with van der Waals surface area (Å²) in [6.07, 6.45) is 0.778. The first-order chi connectivity index (χ1) is 13.1. The molecule has 0 radical (unpaired) electrons. The summed E-state index contributed by atoms with van der Waals surface area (Å²) < 4.78 is 21.2. The monoisotopic (exact) mass is 393 g/mol. The Kier molecular flexibility index (Phi) is 8.23. The lowest BCUT2D eigenvalue weighted by atomic mass is 10.1. The van der Waals surface area contributed by atoms with Crippen LogP contribution in [0.3, 0.4) is 0 Å². The number of rotatable bonds is 10. The summed E-state index contributed by atoms with van der Waals surface area (Å²) in [4.78, 5) is 12.4. The number of hydrogen-bond acceptors (Lipinski definition) is 5. The number of hydrogen-bond donors (Lipinski definition) is 1. The average Bonchev–Trinajstić information content (AvgIpc) is 2.68. The molecule has 0 saturated carbocycles. The third-order valence-corrected chi connectivity index (χ3v) is 4.18. The van der Waals surface area contributed by atoms with Crippen LogP contribution in [0.15, 0.2) is 36.4 Å². The molecule has 0 aliphatic heterocycles. The van der Waals surface area contributed by atoms with E-state index >= 15 is 0 Å². The number of ether oxygens (including phenoxy) is 4. The fourth-order valence-electron chi connectivity index (χ4n) is 2.52. The van der Waals surface area contributed by atoms with Crippen molar-refractivity contribution in [1.82, 2.24) is 0 Å². The van der Waals surface area contributed by atoms with Gasteiger partial charge in [0.15, 0.2) is 5.75 Å². The van der Waals surface area contributed by atoms with Gasteiger partial charge in [0, 0.05) is 13.5 Å². The molecule has 1 N–H and O–H groups in total. The first kappa shape index (κ1) is 20.9. The highest BCUT2D eigenvalue weighted by atomic mass is 35.5. The highest BCUT2D eigenvalue weighted by Gasteiger charge is 2.13. The molecule has 0 fully saturated rings. The van der Waals surface area contributed by atoms with Crippen molar-refractivity contribution in [3.8, 4) is 17.2 Å². The summed E-state index contributed by atoms with van der Waals surface area (Å²) in [6.45, 7) is 0.762. The normalized spacial score (nSPS) is 10.4. The fourth-order valence-corrected chi connectivity index (χ4v) is 2.75. The van der Waals surface area contributed by atoms with Gasteiger partial charge in [-0.25, -0.2) is 0 Å². The van der Waals surface area contributed by atoms with Crippen LogP contribution in [0.25, 0.3) is 0 Å². The standard InChI is InChI=1S/C20H24ClNO5/c1-24-11-12-27-20-16(21)5-4-6-17(20)22-19(23)10-7-14-13-15(25-2)8-9-18(14)26-3/h4-6,8-9,13H,7,10-12H2,1-3H3,(H,22,23). The van der Waals surface area contributed by atoms with E-state index in [0.29, 0.717) is 36.1 Å². The van der Waals surface area contributed by atoms with Gasteiger partial charge in [-0.05, 0) is 42.3 Å². The third kappa shape index (κ3) is 6.05. The summed E-state index contributed by atoms with van der Waals surface area (Å²) in [7, 11) is 4.79. The van der Waals surface area contributed by atoms with Crippen molar-refractivity contribution in [1.29, 1.82) is 0 Å². The lowest BCUT2D eigenvalue weighted by molar-refractivity contribution is -0.116. The van der Waals surface area contributed by atoms with Crippen LogP contribution in [0.1, 0.15) is 12.0 Å². The number of carbonyl (C=O) groups is 1. The number of halogens is 1. The Hall–Kier alpha value is -2.44. The first-order valence-electron chi connectivity index (χ1n) is 8.50. The van der Waals surface area contributed by atoms with Crippen molar-refractivity contribution in [2.75, 3.05) is 39.9 Å². The number of amides is 1. The van der Waals surface area contributed by atoms with Gasteiger partial charge in [0.2, 0.25) is 5.91 Å². The molecule has 0 unspecified atom stereocenters. The molecule has 0 aromatic heterocycles. The van der Waals surface area contributed by atoms with Gasteiger partial charge in [-0.2, -0.15) is 0 Å². The van der Waals surface area contributed by atoms with Gasteiger partial charge in [-0.3, -0.25) is 4.79 Å². The molecule has 0 aliphatic carbocycles. The molecule has 0 bridgehead atoms. The predicted octanol–water partition coefficient (Wildman–Crippen LogP) is 3.95. The van der Waals surface area contributed by atoms with Crippen molar-refractivity contribution in [2.24, 2.45) is 0 Å². The molecule has 2 rings (SSSR count). The van der Waals surface area contributed by atoms with Gasteiger partial charge in [0.05, 0.1) is 31.5 Å². The van der Waals surface area contributed by atoms with Crippen LogP contribution < -0.4 is 19.5 Å². The second-order valence-electron chi connectivity index (χ2n) is 5.68. The molecule has 7 heteroatoms. The maximum Gasteiger partial charge on any atom is 0.224 e. The maximum atomic E-state index is 12.4. The number of benzene rings is 2. The van der Waals surface area contributed by atoms with Crippen LogP contribution in [-0.2, 0) is 16.0 Å². The van der Waals surface area contributed by atoms with E-state index in [4.69, 9.17) is 30.5 Å². The number of aryl methyl sites for hydroxylation is 1. The van der Waals surface area contributed by atoms with E-state index in [9.17, 15) is 4.79 Å². The summed E-state index contributed by atoms with van der Waals surface area (Å²) in [5, 5.41) is 3.28. The molecule has 27 heavy (non-hydrogen) atoms. The molecule has 0 atom stereocenters. The molecular weight excluding hydrogens is 370 g/mol. The van der Waals surface area contributed by atoms with Gasteiger partial charge in [-0.15, -0.1) is 0 Å². The number of para-hydroxylation sites is 1. The van der Waals surface area contributed by atoms with E-state index in [-0.39, 0.29) is 12.3 Å². The summed E-state index contributed by atoms with van der Waals surface area (Å²) in [5.41, 5.74) is 1.43. The van der Waals surface area contributed by atoms with Crippen LogP contribution in [0.2, 0.25) is 5.02 Å². The van der Waals surface area contributed by atoms with E-state index in [1.807, 2.05) is 18.2 Å². The quantitative estimate of drug-likeness (QED) is 0.619. The summed E-state index contributed by atoms with van der Waals surface area (Å²) in [5.74, 6) is 1.71. The van der Waals surface area contributed by atoms with Crippen LogP contribution in [-0.4, -0.2) is 40.5 Å². The lowest BCUT2D eigenvalue weighted by Crippen LogP contribution is -2.14. The smallest absolute Gasteiger partial charge is 0.224 e. The van der Waals surface area contributed by atoms with E-state index in [0.717, 1.165) is 17.1 Å². The van der Waals surface area contributed by atoms with Crippen LogP contribution >= 0.6 is 11.6 Å². The van der Waals surface area contributed by atoms with E-state index in [1.165, 1.54) is 0 Å². The van der Waals surface area contributed by atoms with Crippen molar-refractivity contribution < 1.29 is 23.7 Å². The zero-order valence-electron chi connectivity index (χ0n) is 15.7. The van der Waals surface area contributed by atoms with E-state index in [2.05, 4.69) is 5.32 Å². The number of carbonyl (C=O) groups excluding carboxylic acids is 1. The third-order valence-electron chi connectivity index (χ3n) is 3.88. The summed E-state index contributed by atoms with van der Waals surface area (Å²) >= 11 is 6.19. The zero-order chi connectivity index (χ0) is 19.6. The van der Waals surface area contributed by atoms with Gasteiger partial charge >= 0.3 is 0 Å². The minimum atomic E-state index is -0.154. The topological polar surface area (TPSA) is 66.0 Å². The van der Waals surface area contributed by atoms with Gasteiger partial charge < -0.3 is 24.3 Å². The molecule has 0 heterocycles. The molecule has 2 aromatic rings.